The lowest BCUT2D eigenvalue weighted by Gasteiger charge is -2.13. The van der Waals surface area contributed by atoms with Crippen LogP contribution < -0.4 is 11.5 Å². The molecule has 4 aromatic rings. The maximum absolute atomic E-state index is 5.95. The number of nitrogen functional groups attached to an aromatic ring is 2. The predicted molar refractivity (Wildman–Crippen MR) is 243 cm³/mol. The fourth-order valence-electron chi connectivity index (χ4n) is 8.28. The molecule has 2 heteroatoms. The van der Waals surface area contributed by atoms with Crippen molar-refractivity contribution in [3.8, 4) is 0 Å². The van der Waals surface area contributed by atoms with Crippen molar-refractivity contribution in [3.05, 3.63) is 129 Å². The number of unbranched alkanes of at least 4 members (excludes halogenated alkanes) is 18. The largest absolute Gasteiger partial charge is 0.399 e. The first-order valence-corrected chi connectivity index (χ1v) is 22.9. The molecule has 0 heterocycles. The van der Waals surface area contributed by atoms with Crippen molar-refractivity contribution in [2.45, 2.75) is 187 Å². The molecular weight excluding hydrogens is 665 g/mol. The molecule has 2 nitrogen and oxygen atoms in total. The average Bonchev–Trinajstić information content (AvgIpc) is 3.19. The summed E-state index contributed by atoms with van der Waals surface area (Å²) in [5.74, 6) is 0. The summed E-state index contributed by atoms with van der Waals surface area (Å²) in [4.78, 5) is 0. The number of aryl methyl sites for hydroxylation is 4. The topological polar surface area (TPSA) is 52.0 Å². The third-order valence-electron chi connectivity index (χ3n) is 11.8. The molecule has 4 aromatic carbocycles. The van der Waals surface area contributed by atoms with Gasteiger partial charge in [-0.2, -0.15) is 0 Å². The first-order chi connectivity index (χ1) is 27.0. The van der Waals surface area contributed by atoms with E-state index in [9.17, 15) is 0 Å². The van der Waals surface area contributed by atoms with Gasteiger partial charge in [-0.3, -0.25) is 0 Å². The van der Waals surface area contributed by atoms with Crippen LogP contribution in [0.3, 0.4) is 0 Å². The highest BCUT2D eigenvalue weighted by Gasteiger charge is 2.09. The van der Waals surface area contributed by atoms with E-state index in [0.29, 0.717) is 0 Å². The van der Waals surface area contributed by atoms with Crippen molar-refractivity contribution in [2.24, 2.45) is 0 Å². The highest BCUT2D eigenvalue weighted by molar-refractivity contribution is 5.43. The zero-order valence-electron chi connectivity index (χ0n) is 35.3. The minimum Gasteiger partial charge on any atom is -0.399 e. The van der Waals surface area contributed by atoms with Crippen LogP contribution in [-0.4, -0.2) is 0 Å². The van der Waals surface area contributed by atoms with Gasteiger partial charge in [-0.25, -0.2) is 0 Å². The SMILES string of the molecule is CCCCCCCc1cc(CCCCCCCCCCCCCc2ccc(Cc3ccc(N)cc3)c(CCCCCCC)c2)ccc1Cc1ccc(N)cc1. The first-order valence-electron chi connectivity index (χ1n) is 22.9. The molecule has 0 aliphatic rings. The van der Waals surface area contributed by atoms with Gasteiger partial charge in [-0.05, 0) is 133 Å². The van der Waals surface area contributed by atoms with Gasteiger partial charge < -0.3 is 11.5 Å². The Morgan fingerprint density at radius 3 is 0.927 bits per heavy atom. The summed E-state index contributed by atoms with van der Waals surface area (Å²) in [6.45, 7) is 4.60. The van der Waals surface area contributed by atoms with Crippen LogP contribution in [0.5, 0.6) is 0 Å². The van der Waals surface area contributed by atoms with Crippen LogP contribution in [0.15, 0.2) is 84.9 Å². The summed E-state index contributed by atoms with van der Waals surface area (Å²) in [5, 5.41) is 0. The van der Waals surface area contributed by atoms with E-state index in [-0.39, 0.29) is 0 Å². The minimum atomic E-state index is 0.846. The number of hydrogen-bond acceptors (Lipinski definition) is 2. The Morgan fingerprint density at radius 1 is 0.291 bits per heavy atom. The molecule has 0 amide bonds. The molecule has 55 heavy (non-hydrogen) atoms. The number of anilines is 2. The van der Waals surface area contributed by atoms with Crippen LogP contribution in [0.25, 0.3) is 0 Å². The maximum atomic E-state index is 5.95. The lowest BCUT2D eigenvalue weighted by Crippen LogP contribution is -1.99. The quantitative estimate of drug-likeness (QED) is 0.0413. The fraction of sp³-hybridized carbons (Fsp3) is 0.547. The average molecular weight is 743 g/mol. The first kappa shape index (κ1) is 44.2. The predicted octanol–water partition coefficient (Wildman–Crippen LogP) is 15.1. The lowest BCUT2D eigenvalue weighted by molar-refractivity contribution is 0.545. The summed E-state index contributed by atoms with van der Waals surface area (Å²) < 4.78 is 0. The summed E-state index contributed by atoms with van der Waals surface area (Å²) >= 11 is 0. The Hall–Kier alpha value is -3.52. The molecule has 0 aromatic heterocycles. The number of hydrogen-bond donors (Lipinski definition) is 2. The Morgan fingerprint density at radius 2 is 0.582 bits per heavy atom. The van der Waals surface area contributed by atoms with Crippen LogP contribution in [0.4, 0.5) is 11.4 Å². The van der Waals surface area contributed by atoms with Crippen LogP contribution >= 0.6 is 0 Å². The van der Waals surface area contributed by atoms with E-state index in [1.54, 1.807) is 11.1 Å². The number of nitrogens with two attached hydrogens (primary N) is 2. The third-order valence-corrected chi connectivity index (χ3v) is 11.8. The summed E-state index contributed by atoms with van der Waals surface area (Å²) in [6, 6.07) is 31.6. The van der Waals surface area contributed by atoms with Gasteiger partial charge in [0, 0.05) is 11.4 Å². The standard InChI is InChI=1S/C53H78N2/c1-3-5-7-16-22-26-48-40-44(28-34-50(48)42-46-30-36-52(54)37-31-46)24-20-18-14-12-10-9-11-13-15-19-21-25-45-29-35-51(43-47-32-38-53(55)39-33-47)49(41-45)27-23-17-8-6-4-2/h28-41H,3-27,42-43,54-55H2,1-2H3. The smallest absolute Gasteiger partial charge is 0.0314 e. The Bertz CT molecular complexity index is 1450. The Kier molecular flexibility index (Phi) is 21.8. The zero-order valence-corrected chi connectivity index (χ0v) is 35.3. The summed E-state index contributed by atoms with van der Waals surface area (Å²) in [6.07, 6.45) is 35.4. The molecule has 0 bridgehead atoms. The molecule has 0 unspecified atom stereocenters. The monoisotopic (exact) mass is 743 g/mol. The van der Waals surface area contributed by atoms with Gasteiger partial charge in [0.05, 0.1) is 0 Å². The Balaban J connectivity index is 1.07. The molecular formula is C53H78N2. The van der Waals surface area contributed by atoms with Crippen LogP contribution in [-0.2, 0) is 38.5 Å². The van der Waals surface area contributed by atoms with Crippen molar-refractivity contribution in [1.82, 2.24) is 0 Å². The van der Waals surface area contributed by atoms with E-state index in [4.69, 9.17) is 11.5 Å². The molecule has 4 rings (SSSR count). The van der Waals surface area contributed by atoms with Crippen LogP contribution in [0, 0.1) is 0 Å². The van der Waals surface area contributed by atoms with E-state index in [1.807, 2.05) is 24.3 Å². The van der Waals surface area contributed by atoms with Gasteiger partial charge in [-0.15, -0.1) is 0 Å². The molecule has 0 atom stereocenters. The van der Waals surface area contributed by atoms with Gasteiger partial charge in [-0.1, -0.05) is 184 Å². The van der Waals surface area contributed by atoms with Gasteiger partial charge >= 0.3 is 0 Å². The minimum absolute atomic E-state index is 0.846. The molecule has 0 fully saturated rings. The van der Waals surface area contributed by atoms with Gasteiger partial charge in [0.15, 0.2) is 0 Å². The molecule has 300 valence electrons. The number of rotatable bonds is 30. The normalized spacial score (nSPS) is 11.4. The van der Waals surface area contributed by atoms with Crippen molar-refractivity contribution in [3.63, 3.8) is 0 Å². The summed E-state index contributed by atoms with van der Waals surface area (Å²) in [7, 11) is 0. The highest BCUT2D eigenvalue weighted by atomic mass is 14.5. The zero-order chi connectivity index (χ0) is 38.8. The van der Waals surface area contributed by atoms with Crippen LogP contribution in [0.2, 0.25) is 0 Å². The summed E-state index contributed by atoms with van der Waals surface area (Å²) in [5.41, 5.74) is 25.5. The molecule has 0 radical (unpaired) electrons. The fourth-order valence-corrected chi connectivity index (χ4v) is 8.28. The van der Waals surface area contributed by atoms with Crippen molar-refractivity contribution >= 4 is 11.4 Å². The van der Waals surface area contributed by atoms with Crippen molar-refractivity contribution < 1.29 is 0 Å². The van der Waals surface area contributed by atoms with E-state index in [0.717, 1.165) is 24.2 Å². The molecule has 0 aliphatic heterocycles. The second-order valence-corrected chi connectivity index (χ2v) is 16.8. The molecule has 0 saturated carbocycles. The van der Waals surface area contributed by atoms with Gasteiger partial charge in [0.2, 0.25) is 0 Å². The lowest BCUT2D eigenvalue weighted by atomic mass is 9.92. The van der Waals surface area contributed by atoms with E-state index in [2.05, 4.69) is 74.5 Å². The van der Waals surface area contributed by atoms with Crippen molar-refractivity contribution in [1.29, 1.82) is 0 Å². The third kappa shape index (κ3) is 18.3. The second kappa shape index (κ2) is 27.1. The van der Waals surface area contributed by atoms with E-state index < -0.39 is 0 Å². The molecule has 4 N–H and O–H groups in total. The number of benzene rings is 4. The van der Waals surface area contributed by atoms with Crippen LogP contribution in [0.1, 0.15) is 193 Å². The molecule has 0 saturated heterocycles. The Labute approximate surface area is 338 Å². The van der Waals surface area contributed by atoms with Crippen molar-refractivity contribution in [2.75, 3.05) is 11.5 Å². The molecule has 0 aliphatic carbocycles. The highest BCUT2D eigenvalue weighted by Crippen LogP contribution is 2.24. The second-order valence-electron chi connectivity index (χ2n) is 16.8. The van der Waals surface area contributed by atoms with Gasteiger partial charge in [0.1, 0.15) is 0 Å². The maximum Gasteiger partial charge on any atom is 0.0314 e. The van der Waals surface area contributed by atoms with E-state index >= 15 is 0 Å². The van der Waals surface area contributed by atoms with E-state index in [1.165, 1.54) is 194 Å². The van der Waals surface area contributed by atoms with Gasteiger partial charge in [0.25, 0.3) is 0 Å². The molecule has 0 spiro atoms.